The standard InChI is InChI=1S/C14H21N3O5S/c1-21-8-11(15)14(18)16-12-7-10(5-6-13(12)22-2)23(19,20)17-9-3-4-9/h5-7,9,11,17H,3-4,8,15H2,1-2H3,(H,16,18). The third kappa shape index (κ3) is 4.64. The van der Waals surface area contributed by atoms with E-state index in [-0.39, 0.29) is 23.2 Å². The van der Waals surface area contributed by atoms with Crippen LogP contribution in [0, 0.1) is 0 Å². The lowest BCUT2D eigenvalue weighted by atomic mass is 10.2. The Morgan fingerprint density at radius 3 is 2.65 bits per heavy atom. The maximum Gasteiger partial charge on any atom is 0.243 e. The molecule has 8 nitrogen and oxygen atoms in total. The van der Waals surface area contributed by atoms with Crippen molar-refractivity contribution < 1.29 is 22.7 Å². The minimum atomic E-state index is -3.62. The van der Waals surface area contributed by atoms with Gasteiger partial charge in [0.1, 0.15) is 11.8 Å². The lowest BCUT2D eigenvalue weighted by Gasteiger charge is -2.15. The SMILES string of the molecule is COCC(N)C(=O)Nc1cc(S(=O)(=O)NC2CC2)ccc1OC. The van der Waals surface area contributed by atoms with Gasteiger partial charge in [-0.2, -0.15) is 0 Å². The zero-order chi connectivity index (χ0) is 17.0. The van der Waals surface area contributed by atoms with Gasteiger partial charge in [-0.25, -0.2) is 13.1 Å². The molecule has 4 N–H and O–H groups in total. The monoisotopic (exact) mass is 343 g/mol. The number of benzene rings is 1. The average molecular weight is 343 g/mol. The van der Waals surface area contributed by atoms with Gasteiger partial charge in [-0.3, -0.25) is 4.79 Å². The summed E-state index contributed by atoms with van der Waals surface area (Å²) in [6.07, 6.45) is 1.68. The molecule has 1 aliphatic carbocycles. The summed E-state index contributed by atoms with van der Waals surface area (Å²) in [5.74, 6) is -0.150. The molecule has 0 radical (unpaired) electrons. The lowest BCUT2D eigenvalue weighted by Crippen LogP contribution is -2.39. The molecule has 0 aromatic heterocycles. The summed E-state index contributed by atoms with van der Waals surface area (Å²) in [4.78, 5) is 12.0. The van der Waals surface area contributed by atoms with Crippen molar-refractivity contribution in [3.05, 3.63) is 18.2 Å². The number of rotatable bonds is 8. The van der Waals surface area contributed by atoms with E-state index >= 15 is 0 Å². The average Bonchev–Trinajstić information content (AvgIpc) is 3.30. The van der Waals surface area contributed by atoms with E-state index in [0.717, 1.165) is 12.8 Å². The molecule has 1 fully saturated rings. The Hall–Kier alpha value is -1.68. The first-order valence-electron chi connectivity index (χ1n) is 7.13. The second-order valence-corrected chi connectivity index (χ2v) is 7.02. The minimum absolute atomic E-state index is 0.00438. The van der Waals surface area contributed by atoms with E-state index in [1.165, 1.54) is 32.4 Å². The van der Waals surface area contributed by atoms with Gasteiger partial charge in [0.05, 0.1) is 24.3 Å². The first-order chi connectivity index (χ1) is 10.9. The molecule has 1 unspecified atom stereocenters. The number of carbonyl (C=O) groups excluding carboxylic acids is 1. The van der Waals surface area contributed by atoms with Crippen molar-refractivity contribution in [1.29, 1.82) is 0 Å². The van der Waals surface area contributed by atoms with Crippen LogP contribution in [0.1, 0.15) is 12.8 Å². The molecule has 1 amide bonds. The zero-order valence-electron chi connectivity index (χ0n) is 13.0. The number of nitrogens with two attached hydrogens (primary N) is 1. The van der Waals surface area contributed by atoms with Crippen LogP contribution in [0.15, 0.2) is 23.1 Å². The molecule has 0 heterocycles. The van der Waals surface area contributed by atoms with Gasteiger partial charge in [0.2, 0.25) is 15.9 Å². The predicted molar refractivity (Wildman–Crippen MR) is 84.8 cm³/mol. The molecule has 0 spiro atoms. The van der Waals surface area contributed by atoms with Crippen molar-refractivity contribution in [3.63, 3.8) is 0 Å². The van der Waals surface area contributed by atoms with Gasteiger partial charge in [0.25, 0.3) is 0 Å². The number of methoxy groups -OCH3 is 2. The Kier molecular flexibility index (Phi) is 5.58. The normalized spacial score (nSPS) is 16.0. The van der Waals surface area contributed by atoms with Gasteiger partial charge in [0.15, 0.2) is 0 Å². The fourth-order valence-electron chi connectivity index (χ4n) is 1.92. The van der Waals surface area contributed by atoms with E-state index in [0.29, 0.717) is 5.75 Å². The third-order valence-electron chi connectivity index (χ3n) is 3.32. The largest absolute Gasteiger partial charge is 0.495 e. The molecule has 23 heavy (non-hydrogen) atoms. The summed E-state index contributed by atoms with van der Waals surface area (Å²) >= 11 is 0. The molecule has 0 bridgehead atoms. The maximum absolute atomic E-state index is 12.2. The molecule has 1 aliphatic rings. The van der Waals surface area contributed by atoms with Crippen LogP contribution >= 0.6 is 0 Å². The van der Waals surface area contributed by atoms with E-state index in [4.69, 9.17) is 15.2 Å². The number of anilines is 1. The third-order valence-corrected chi connectivity index (χ3v) is 4.84. The predicted octanol–water partition coefficient (Wildman–Crippen LogP) is 0.0481. The van der Waals surface area contributed by atoms with E-state index in [2.05, 4.69) is 10.0 Å². The van der Waals surface area contributed by atoms with Gasteiger partial charge < -0.3 is 20.5 Å². The summed E-state index contributed by atoms with van der Waals surface area (Å²) in [6.45, 7) is 0.0510. The van der Waals surface area contributed by atoms with Crippen LogP contribution in [0.2, 0.25) is 0 Å². The van der Waals surface area contributed by atoms with Crippen molar-refractivity contribution in [2.24, 2.45) is 5.73 Å². The van der Waals surface area contributed by atoms with E-state index in [9.17, 15) is 13.2 Å². The van der Waals surface area contributed by atoms with Crippen LogP contribution in [0.4, 0.5) is 5.69 Å². The highest BCUT2D eigenvalue weighted by Gasteiger charge is 2.28. The first kappa shape index (κ1) is 17.7. The Labute approximate surface area is 135 Å². The van der Waals surface area contributed by atoms with Crippen LogP contribution in [-0.2, 0) is 19.6 Å². The molecule has 1 aromatic rings. The molecule has 1 atom stereocenters. The van der Waals surface area contributed by atoms with Crippen molar-refractivity contribution in [2.75, 3.05) is 26.1 Å². The highest BCUT2D eigenvalue weighted by molar-refractivity contribution is 7.89. The summed E-state index contributed by atoms with van der Waals surface area (Å²) < 4.78 is 37.0. The van der Waals surface area contributed by atoms with Crippen LogP contribution in [0.5, 0.6) is 5.75 Å². The molecular weight excluding hydrogens is 322 g/mol. The summed E-state index contributed by atoms with van der Waals surface area (Å²) in [6, 6.07) is 3.39. The number of hydrogen-bond donors (Lipinski definition) is 3. The topological polar surface area (TPSA) is 120 Å². The quantitative estimate of drug-likeness (QED) is 0.613. The highest BCUT2D eigenvalue weighted by Crippen LogP contribution is 2.29. The zero-order valence-corrected chi connectivity index (χ0v) is 13.9. The van der Waals surface area contributed by atoms with E-state index in [1.54, 1.807) is 0 Å². The minimum Gasteiger partial charge on any atom is -0.495 e. The van der Waals surface area contributed by atoms with Crippen molar-refractivity contribution >= 4 is 21.6 Å². The summed E-state index contributed by atoms with van der Waals surface area (Å²) in [5.41, 5.74) is 5.90. The van der Waals surface area contributed by atoms with Crippen LogP contribution in [0.25, 0.3) is 0 Å². The number of ether oxygens (including phenoxy) is 2. The lowest BCUT2D eigenvalue weighted by molar-refractivity contribution is -0.118. The van der Waals surface area contributed by atoms with Crippen molar-refractivity contribution in [1.82, 2.24) is 4.72 Å². The number of sulfonamides is 1. The number of amides is 1. The van der Waals surface area contributed by atoms with Crippen LogP contribution in [0.3, 0.4) is 0 Å². The molecule has 0 aliphatic heterocycles. The Bertz CT molecular complexity index is 673. The first-order valence-corrected chi connectivity index (χ1v) is 8.61. The Morgan fingerprint density at radius 1 is 1.39 bits per heavy atom. The van der Waals surface area contributed by atoms with E-state index in [1.807, 2.05) is 0 Å². The van der Waals surface area contributed by atoms with Crippen molar-refractivity contribution in [2.45, 2.75) is 29.8 Å². The summed E-state index contributed by atoms with van der Waals surface area (Å²) in [7, 11) is -0.761. The molecule has 1 aromatic carbocycles. The van der Waals surface area contributed by atoms with Gasteiger partial charge >= 0.3 is 0 Å². The van der Waals surface area contributed by atoms with Gasteiger partial charge in [-0.05, 0) is 31.0 Å². The van der Waals surface area contributed by atoms with Gasteiger partial charge in [0, 0.05) is 13.2 Å². The molecular formula is C14H21N3O5S. The highest BCUT2D eigenvalue weighted by atomic mass is 32.2. The molecule has 2 rings (SSSR count). The molecule has 128 valence electrons. The fourth-order valence-corrected chi connectivity index (χ4v) is 3.25. The van der Waals surface area contributed by atoms with Crippen LogP contribution in [-0.4, -0.2) is 47.2 Å². The number of carbonyl (C=O) groups is 1. The molecule has 9 heteroatoms. The Morgan fingerprint density at radius 2 is 2.09 bits per heavy atom. The van der Waals surface area contributed by atoms with Gasteiger partial charge in [-0.15, -0.1) is 0 Å². The Balaban J connectivity index is 2.23. The van der Waals surface area contributed by atoms with Crippen molar-refractivity contribution in [3.8, 4) is 5.75 Å². The van der Waals surface area contributed by atoms with Crippen LogP contribution < -0.4 is 20.5 Å². The summed E-state index contributed by atoms with van der Waals surface area (Å²) in [5, 5.41) is 2.57. The maximum atomic E-state index is 12.2. The molecule has 0 saturated heterocycles. The fraction of sp³-hybridized carbons (Fsp3) is 0.500. The molecule has 1 saturated carbocycles. The number of nitrogens with one attached hydrogen (secondary N) is 2. The number of hydrogen-bond acceptors (Lipinski definition) is 6. The second kappa shape index (κ2) is 7.26. The second-order valence-electron chi connectivity index (χ2n) is 5.31. The van der Waals surface area contributed by atoms with Gasteiger partial charge in [-0.1, -0.05) is 0 Å². The smallest absolute Gasteiger partial charge is 0.243 e. The van der Waals surface area contributed by atoms with E-state index < -0.39 is 22.0 Å².